The lowest BCUT2D eigenvalue weighted by Gasteiger charge is -2.22. The summed E-state index contributed by atoms with van der Waals surface area (Å²) in [6.07, 6.45) is 3.97. The van der Waals surface area contributed by atoms with Crippen LogP contribution in [-0.2, 0) is 15.1 Å². The Bertz CT molecular complexity index is 742. The highest BCUT2D eigenvalue weighted by Crippen LogP contribution is 2.30. The number of nitrogens with one attached hydrogen (secondary N) is 2. The Hall–Kier alpha value is -2.71. The van der Waals surface area contributed by atoms with Gasteiger partial charge >= 0.3 is 12.6 Å². The molecule has 2 atom stereocenters. The number of rotatable bonds is 10. The van der Waals surface area contributed by atoms with E-state index in [1.54, 1.807) is 0 Å². The number of unbranched alkanes of at least 4 members (excludes halogenated alkanes) is 2. The monoisotopic (exact) mass is 411 g/mol. The molecule has 0 spiro atoms. The van der Waals surface area contributed by atoms with Gasteiger partial charge in [-0.25, -0.2) is 4.79 Å². The van der Waals surface area contributed by atoms with Crippen LogP contribution in [0.3, 0.4) is 0 Å². The molecule has 0 saturated carbocycles. The van der Waals surface area contributed by atoms with Crippen molar-refractivity contribution in [2.24, 2.45) is 0 Å². The predicted octanol–water partition coefficient (Wildman–Crippen LogP) is 3.14. The van der Waals surface area contributed by atoms with Crippen LogP contribution in [0.4, 0.5) is 13.6 Å². The Balaban J connectivity index is 2.01. The molecule has 0 unspecified atom stereocenters. The molecule has 1 aromatic rings. The average molecular weight is 411 g/mol. The second-order valence-electron chi connectivity index (χ2n) is 7.31. The van der Waals surface area contributed by atoms with Gasteiger partial charge in [0.05, 0.1) is 0 Å². The van der Waals surface area contributed by atoms with E-state index in [4.69, 9.17) is 0 Å². The van der Waals surface area contributed by atoms with Crippen molar-refractivity contribution in [1.82, 2.24) is 15.5 Å². The summed E-state index contributed by atoms with van der Waals surface area (Å²) in [4.78, 5) is 38.3. The molecule has 160 valence electrons. The zero-order chi connectivity index (χ0) is 21.6. The number of nitrogens with zero attached hydrogens (tertiary/aromatic N) is 1. The summed E-state index contributed by atoms with van der Waals surface area (Å²) in [7, 11) is 0. The molecule has 4 amide bonds. The lowest BCUT2D eigenvalue weighted by atomic mass is 9.92. The Morgan fingerprint density at radius 3 is 2.48 bits per heavy atom. The maximum absolute atomic E-state index is 12.8. The van der Waals surface area contributed by atoms with Gasteiger partial charge in [0.1, 0.15) is 17.8 Å². The third-order valence-corrected chi connectivity index (χ3v) is 4.88. The highest BCUT2D eigenvalue weighted by Gasteiger charge is 2.49. The predicted molar refractivity (Wildman–Crippen MR) is 102 cm³/mol. The SMILES string of the molecule is CCCCC[C@H](C)NC(=O)CN1C(=O)N[C@](C)(c2ccc(OC(F)F)cc2)C1=O. The number of halogens is 2. The number of ether oxygens (including phenoxy) is 1. The molecule has 0 aliphatic carbocycles. The molecule has 0 bridgehead atoms. The number of alkyl halides is 2. The molecule has 29 heavy (non-hydrogen) atoms. The van der Waals surface area contributed by atoms with Crippen LogP contribution in [0.15, 0.2) is 24.3 Å². The summed E-state index contributed by atoms with van der Waals surface area (Å²) >= 11 is 0. The van der Waals surface area contributed by atoms with E-state index < -0.39 is 30.0 Å². The third kappa shape index (κ3) is 5.65. The van der Waals surface area contributed by atoms with Crippen LogP contribution >= 0.6 is 0 Å². The summed E-state index contributed by atoms with van der Waals surface area (Å²) in [5, 5.41) is 5.37. The first-order valence-corrected chi connectivity index (χ1v) is 9.66. The quantitative estimate of drug-likeness (QED) is 0.457. The Morgan fingerprint density at radius 2 is 1.90 bits per heavy atom. The van der Waals surface area contributed by atoms with Crippen molar-refractivity contribution in [3.8, 4) is 5.75 Å². The van der Waals surface area contributed by atoms with Crippen LogP contribution < -0.4 is 15.4 Å². The second kappa shape index (κ2) is 9.67. The maximum atomic E-state index is 12.8. The molecule has 1 saturated heterocycles. The summed E-state index contributed by atoms with van der Waals surface area (Å²) < 4.78 is 28.9. The van der Waals surface area contributed by atoms with Crippen molar-refractivity contribution in [2.75, 3.05) is 6.54 Å². The highest BCUT2D eigenvalue weighted by atomic mass is 19.3. The fourth-order valence-corrected chi connectivity index (χ4v) is 3.24. The molecule has 1 aromatic carbocycles. The van der Waals surface area contributed by atoms with E-state index in [0.29, 0.717) is 5.56 Å². The fraction of sp³-hybridized carbons (Fsp3) is 0.550. The zero-order valence-electron chi connectivity index (χ0n) is 16.8. The summed E-state index contributed by atoms with van der Waals surface area (Å²) in [5.74, 6) is -1.06. The van der Waals surface area contributed by atoms with Gasteiger partial charge in [0.2, 0.25) is 5.91 Å². The molecule has 1 heterocycles. The summed E-state index contributed by atoms with van der Waals surface area (Å²) in [6.45, 7) is 2.14. The molecular weight excluding hydrogens is 384 g/mol. The van der Waals surface area contributed by atoms with E-state index in [2.05, 4.69) is 22.3 Å². The van der Waals surface area contributed by atoms with Crippen molar-refractivity contribution in [1.29, 1.82) is 0 Å². The first-order valence-electron chi connectivity index (χ1n) is 9.66. The van der Waals surface area contributed by atoms with Gasteiger partial charge in [-0.2, -0.15) is 8.78 Å². The number of hydrogen-bond donors (Lipinski definition) is 2. The van der Waals surface area contributed by atoms with E-state index in [1.165, 1.54) is 31.2 Å². The molecule has 9 heteroatoms. The van der Waals surface area contributed by atoms with E-state index in [9.17, 15) is 23.2 Å². The zero-order valence-corrected chi connectivity index (χ0v) is 16.8. The number of hydrogen-bond acceptors (Lipinski definition) is 4. The number of amides is 4. The second-order valence-corrected chi connectivity index (χ2v) is 7.31. The first-order chi connectivity index (χ1) is 13.7. The summed E-state index contributed by atoms with van der Waals surface area (Å²) in [6, 6.07) is 4.70. The molecule has 0 aromatic heterocycles. The molecule has 7 nitrogen and oxygen atoms in total. The lowest BCUT2D eigenvalue weighted by Crippen LogP contribution is -2.45. The van der Waals surface area contributed by atoms with Crippen molar-refractivity contribution < 1.29 is 27.9 Å². The minimum atomic E-state index is -2.96. The number of urea groups is 1. The van der Waals surface area contributed by atoms with E-state index in [-0.39, 0.29) is 18.3 Å². The van der Waals surface area contributed by atoms with Crippen LogP contribution in [0.25, 0.3) is 0 Å². The minimum Gasteiger partial charge on any atom is -0.435 e. The third-order valence-electron chi connectivity index (χ3n) is 4.88. The first kappa shape index (κ1) is 22.6. The maximum Gasteiger partial charge on any atom is 0.387 e. The standard InChI is InChI=1S/C20H27F2N3O4/c1-4-5-6-7-13(2)23-16(26)12-25-17(27)20(3,24-19(25)28)14-8-10-15(11-9-14)29-18(21)22/h8-11,13,18H,4-7,12H2,1-3H3,(H,23,26)(H,24,28)/t13-,20+/m0/s1. The molecule has 2 rings (SSSR count). The molecule has 0 radical (unpaired) electrons. The van der Waals surface area contributed by atoms with Crippen molar-refractivity contribution >= 4 is 17.8 Å². The molecule has 1 fully saturated rings. The normalized spacial score (nSPS) is 20.0. The molecular formula is C20H27F2N3O4. The Labute approximate surface area is 168 Å². The average Bonchev–Trinajstić information content (AvgIpc) is 2.86. The molecule has 1 aliphatic rings. The number of benzene rings is 1. The smallest absolute Gasteiger partial charge is 0.387 e. The van der Waals surface area contributed by atoms with Crippen LogP contribution in [-0.4, -0.2) is 41.9 Å². The van der Waals surface area contributed by atoms with Gasteiger partial charge in [-0.3, -0.25) is 14.5 Å². The van der Waals surface area contributed by atoms with Crippen LogP contribution in [0.5, 0.6) is 5.75 Å². The Kier molecular flexibility index (Phi) is 7.53. The Morgan fingerprint density at radius 1 is 1.24 bits per heavy atom. The van der Waals surface area contributed by atoms with Crippen LogP contribution in [0.1, 0.15) is 52.0 Å². The lowest BCUT2D eigenvalue weighted by molar-refractivity contribution is -0.135. The fourth-order valence-electron chi connectivity index (χ4n) is 3.24. The largest absolute Gasteiger partial charge is 0.435 e. The molecule has 2 N–H and O–H groups in total. The van der Waals surface area contributed by atoms with E-state index in [1.807, 2.05) is 6.92 Å². The van der Waals surface area contributed by atoms with Crippen LogP contribution in [0, 0.1) is 0 Å². The van der Waals surface area contributed by atoms with Gasteiger partial charge in [-0.1, -0.05) is 38.3 Å². The topological polar surface area (TPSA) is 87.7 Å². The minimum absolute atomic E-state index is 0.0522. The van der Waals surface area contributed by atoms with Gasteiger partial charge < -0.3 is 15.4 Å². The van der Waals surface area contributed by atoms with Crippen molar-refractivity contribution in [2.45, 2.75) is 64.6 Å². The van der Waals surface area contributed by atoms with Gasteiger partial charge in [0.15, 0.2) is 0 Å². The van der Waals surface area contributed by atoms with E-state index in [0.717, 1.165) is 30.6 Å². The van der Waals surface area contributed by atoms with Gasteiger partial charge in [0.25, 0.3) is 5.91 Å². The van der Waals surface area contributed by atoms with Crippen molar-refractivity contribution in [3.05, 3.63) is 29.8 Å². The summed E-state index contributed by atoms with van der Waals surface area (Å²) in [5.41, 5.74) is -0.999. The van der Waals surface area contributed by atoms with Gasteiger partial charge in [-0.05, 0) is 38.0 Å². The van der Waals surface area contributed by atoms with Gasteiger partial charge in [-0.15, -0.1) is 0 Å². The van der Waals surface area contributed by atoms with Crippen LogP contribution in [0.2, 0.25) is 0 Å². The number of carbonyl (C=O) groups excluding carboxylic acids is 3. The number of imide groups is 1. The van der Waals surface area contributed by atoms with Crippen molar-refractivity contribution in [3.63, 3.8) is 0 Å². The van der Waals surface area contributed by atoms with Gasteiger partial charge in [0, 0.05) is 6.04 Å². The number of carbonyl (C=O) groups is 3. The van der Waals surface area contributed by atoms with E-state index >= 15 is 0 Å². The highest BCUT2D eigenvalue weighted by molar-refractivity contribution is 6.09. The molecule has 1 aliphatic heterocycles.